The molecule has 1 aromatic heterocycles. The minimum Gasteiger partial charge on any atom is -0.508 e. The van der Waals surface area contributed by atoms with E-state index in [1.807, 2.05) is 12.1 Å². The zero-order valence-electron chi connectivity index (χ0n) is 8.64. The Morgan fingerprint density at radius 1 is 1.25 bits per heavy atom. The summed E-state index contributed by atoms with van der Waals surface area (Å²) in [7, 11) is 0. The van der Waals surface area contributed by atoms with Crippen LogP contribution in [0.2, 0.25) is 0 Å². The first-order chi connectivity index (χ1) is 7.68. The third-order valence-electron chi connectivity index (χ3n) is 2.19. The summed E-state index contributed by atoms with van der Waals surface area (Å²) in [5, 5.41) is 9.54. The number of hydrogen-bond donors (Lipinski definition) is 1. The normalized spacial score (nSPS) is 10.1. The minimum absolute atomic E-state index is 0.213. The number of rotatable bonds is 2. The van der Waals surface area contributed by atoms with Gasteiger partial charge in [-0.1, -0.05) is 6.07 Å². The Balaban J connectivity index is 2.35. The van der Waals surface area contributed by atoms with Crippen molar-refractivity contribution < 1.29 is 9.84 Å². The number of aromatic hydroxyl groups is 1. The average molecular weight is 280 g/mol. The number of halogens is 1. The van der Waals surface area contributed by atoms with Crippen molar-refractivity contribution in [2.75, 3.05) is 0 Å². The van der Waals surface area contributed by atoms with Crippen LogP contribution >= 0.6 is 15.9 Å². The van der Waals surface area contributed by atoms with Gasteiger partial charge in [0.05, 0.1) is 4.47 Å². The van der Waals surface area contributed by atoms with Crippen LogP contribution < -0.4 is 4.74 Å². The molecule has 0 spiro atoms. The second-order valence-corrected chi connectivity index (χ2v) is 4.15. The van der Waals surface area contributed by atoms with Gasteiger partial charge in [-0.05, 0) is 47.1 Å². The number of phenolic OH excluding ortho intramolecular Hbond substituents is 1. The van der Waals surface area contributed by atoms with Crippen molar-refractivity contribution in [3.63, 3.8) is 0 Å². The van der Waals surface area contributed by atoms with Crippen molar-refractivity contribution in [2.45, 2.75) is 6.92 Å². The van der Waals surface area contributed by atoms with Crippen molar-refractivity contribution in [1.29, 1.82) is 0 Å². The van der Waals surface area contributed by atoms with Gasteiger partial charge in [-0.25, -0.2) is 4.98 Å². The van der Waals surface area contributed by atoms with Crippen LogP contribution in [0.3, 0.4) is 0 Å². The van der Waals surface area contributed by atoms with Crippen LogP contribution in [0.1, 0.15) is 5.56 Å². The minimum atomic E-state index is 0.213. The van der Waals surface area contributed by atoms with E-state index in [0.717, 1.165) is 4.47 Å². The van der Waals surface area contributed by atoms with Gasteiger partial charge >= 0.3 is 0 Å². The highest BCUT2D eigenvalue weighted by Gasteiger charge is 2.07. The Kier molecular flexibility index (Phi) is 3.10. The quantitative estimate of drug-likeness (QED) is 0.913. The molecule has 0 radical (unpaired) electrons. The van der Waals surface area contributed by atoms with Crippen molar-refractivity contribution in [3.8, 4) is 17.4 Å². The summed E-state index contributed by atoms with van der Waals surface area (Å²) >= 11 is 3.35. The number of aromatic nitrogens is 1. The largest absolute Gasteiger partial charge is 0.508 e. The Morgan fingerprint density at radius 2 is 2.06 bits per heavy atom. The van der Waals surface area contributed by atoms with E-state index < -0.39 is 0 Å². The van der Waals surface area contributed by atoms with Crippen LogP contribution in [0.15, 0.2) is 41.0 Å². The molecule has 1 heterocycles. The van der Waals surface area contributed by atoms with Gasteiger partial charge in [0.25, 0.3) is 0 Å². The Morgan fingerprint density at radius 3 is 2.81 bits per heavy atom. The molecule has 3 nitrogen and oxygen atoms in total. The van der Waals surface area contributed by atoms with Crippen LogP contribution in [0.4, 0.5) is 0 Å². The lowest BCUT2D eigenvalue weighted by Gasteiger charge is -2.09. The highest BCUT2D eigenvalue weighted by Crippen LogP contribution is 2.32. The molecule has 2 aromatic rings. The van der Waals surface area contributed by atoms with Crippen LogP contribution in [0.25, 0.3) is 0 Å². The smallest absolute Gasteiger partial charge is 0.233 e. The number of phenols is 1. The molecule has 0 aliphatic rings. The zero-order valence-corrected chi connectivity index (χ0v) is 10.2. The molecular weight excluding hydrogens is 270 g/mol. The molecular formula is C12H10BrNO2. The molecule has 0 amide bonds. The lowest BCUT2D eigenvalue weighted by Crippen LogP contribution is -1.90. The highest BCUT2D eigenvalue weighted by atomic mass is 79.9. The van der Waals surface area contributed by atoms with Gasteiger partial charge in [0.15, 0.2) is 0 Å². The molecule has 0 fully saturated rings. The summed E-state index contributed by atoms with van der Waals surface area (Å²) in [5.74, 6) is 1.29. The first-order valence-corrected chi connectivity index (χ1v) is 5.55. The van der Waals surface area contributed by atoms with Crippen molar-refractivity contribution in [2.24, 2.45) is 0 Å². The highest BCUT2D eigenvalue weighted by molar-refractivity contribution is 9.10. The Hall–Kier alpha value is -1.55. The second kappa shape index (κ2) is 4.53. The van der Waals surface area contributed by atoms with E-state index in [9.17, 15) is 5.11 Å². The molecule has 16 heavy (non-hydrogen) atoms. The summed E-state index contributed by atoms with van der Waals surface area (Å²) < 4.78 is 6.38. The maximum Gasteiger partial charge on any atom is 0.233 e. The molecule has 82 valence electrons. The fourth-order valence-corrected chi connectivity index (χ4v) is 1.60. The van der Waals surface area contributed by atoms with Gasteiger partial charge in [0, 0.05) is 11.8 Å². The van der Waals surface area contributed by atoms with Crippen molar-refractivity contribution >= 4 is 15.9 Å². The number of pyridine rings is 1. The molecule has 2 rings (SSSR count). The molecule has 1 aromatic carbocycles. The van der Waals surface area contributed by atoms with Crippen molar-refractivity contribution in [1.82, 2.24) is 4.98 Å². The van der Waals surface area contributed by atoms with E-state index in [2.05, 4.69) is 20.9 Å². The lowest BCUT2D eigenvalue weighted by atomic mass is 10.2. The summed E-state index contributed by atoms with van der Waals surface area (Å²) in [6, 6.07) is 8.80. The number of nitrogens with zero attached hydrogens (tertiary/aromatic N) is 1. The standard InChI is InChI=1S/C12H10BrNO2/c1-8-10(15)5-2-6-11(8)16-12-9(13)4-3-7-14-12/h2-7,15H,1H3. The number of hydrogen-bond acceptors (Lipinski definition) is 3. The van der Waals surface area contributed by atoms with E-state index in [1.54, 1.807) is 31.3 Å². The molecule has 0 aliphatic carbocycles. The van der Waals surface area contributed by atoms with Crippen LogP contribution in [0, 0.1) is 6.92 Å². The lowest BCUT2D eigenvalue weighted by molar-refractivity contribution is 0.437. The maximum atomic E-state index is 9.54. The van der Waals surface area contributed by atoms with Gasteiger partial charge in [-0.3, -0.25) is 0 Å². The van der Waals surface area contributed by atoms with Gasteiger partial charge < -0.3 is 9.84 Å². The SMILES string of the molecule is Cc1c(O)cccc1Oc1ncccc1Br. The van der Waals surface area contributed by atoms with Gasteiger partial charge in [0.2, 0.25) is 5.88 Å². The Bertz CT molecular complexity index is 514. The average Bonchev–Trinajstić information content (AvgIpc) is 2.28. The monoisotopic (exact) mass is 279 g/mol. The summed E-state index contributed by atoms with van der Waals surface area (Å²) in [5.41, 5.74) is 0.694. The molecule has 0 saturated heterocycles. The van der Waals surface area contributed by atoms with E-state index in [-0.39, 0.29) is 5.75 Å². The molecule has 1 N–H and O–H groups in total. The topological polar surface area (TPSA) is 42.4 Å². The molecule has 4 heteroatoms. The molecule has 0 unspecified atom stereocenters. The van der Waals surface area contributed by atoms with E-state index in [0.29, 0.717) is 17.2 Å². The molecule has 0 aliphatic heterocycles. The summed E-state index contributed by atoms with van der Waals surface area (Å²) in [6.07, 6.45) is 1.65. The third kappa shape index (κ3) is 2.17. The van der Waals surface area contributed by atoms with E-state index in [4.69, 9.17) is 4.74 Å². The molecule has 0 bridgehead atoms. The van der Waals surface area contributed by atoms with Crippen molar-refractivity contribution in [3.05, 3.63) is 46.6 Å². The number of ether oxygens (including phenoxy) is 1. The third-order valence-corrected chi connectivity index (χ3v) is 2.79. The van der Waals surface area contributed by atoms with E-state index >= 15 is 0 Å². The zero-order chi connectivity index (χ0) is 11.5. The predicted octanol–water partition coefficient (Wildman–Crippen LogP) is 3.65. The first-order valence-electron chi connectivity index (χ1n) is 4.75. The van der Waals surface area contributed by atoms with E-state index in [1.165, 1.54) is 0 Å². The fraction of sp³-hybridized carbons (Fsp3) is 0.0833. The second-order valence-electron chi connectivity index (χ2n) is 3.29. The predicted molar refractivity (Wildman–Crippen MR) is 64.9 cm³/mol. The van der Waals surface area contributed by atoms with Crippen LogP contribution in [0.5, 0.6) is 17.4 Å². The van der Waals surface area contributed by atoms with Gasteiger partial charge in [-0.15, -0.1) is 0 Å². The summed E-state index contributed by atoms with van der Waals surface area (Å²) in [4.78, 5) is 4.09. The first kappa shape index (κ1) is 11.0. The molecule has 0 atom stereocenters. The summed E-state index contributed by atoms with van der Waals surface area (Å²) in [6.45, 7) is 1.79. The van der Waals surface area contributed by atoms with Crippen LogP contribution in [-0.4, -0.2) is 10.1 Å². The van der Waals surface area contributed by atoms with Gasteiger partial charge in [-0.2, -0.15) is 0 Å². The fourth-order valence-electron chi connectivity index (χ4n) is 1.26. The number of benzene rings is 1. The van der Waals surface area contributed by atoms with Gasteiger partial charge in [0.1, 0.15) is 11.5 Å². The Labute approximate surface area is 102 Å². The van der Waals surface area contributed by atoms with Crippen LogP contribution in [-0.2, 0) is 0 Å². The molecule has 0 saturated carbocycles. The maximum absolute atomic E-state index is 9.54.